The molecule has 0 aliphatic carbocycles. The molecule has 1 N–H and O–H groups in total. The zero-order valence-electron chi connectivity index (χ0n) is 10.0. The van der Waals surface area contributed by atoms with E-state index in [9.17, 15) is 5.11 Å². The van der Waals surface area contributed by atoms with Gasteiger partial charge >= 0.3 is 0 Å². The van der Waals surface area contributed by atoms with Gasteiger partial charge in [0, 0.05) is 0 Å². The Morgan fingerprint density at radius 1 is 0.786 bits per heavy atom. The van der Waals surface area contributed by atoms with Gasteiger partial charge in [-0.05, 0) is 0 Å². The highest BCUT2D eigenvalue weighted by molar-refractivity contribution is 6.84. The molecule has 14 heavy (non-hydrogen) atoms. The third-order valence-electron chi connectivity index (χ3n) is 1.17. The van der Waals surface area contributed by atoms with E-state index in [2.05, 4.69) is 62.2 Å². The molecule has 0 unspecified atom stereocenters. The van der Waals surface area contributed by atoms with Crippen LogP contribution in [0.3, 0.4) is 0 Å². The monoisotopic (exact) mass is 224 g/mol. The Kier molecular flexibility index (Phi) is 4.67. The van der Waals surface area contributed by atoms with Gasteiger partial charge < -0.3 is 5.11 Å². The summed E-state index contributed by atoms with van der Waals surface area (Å²) in [5.74, 6) is 5.62. The van der Waals surface area contributed by atoms with Crippen molar-refractivity contribution in [3.05, 3.63) is 0 Å². The zero-order valence-corrected chi connectivity index (χ0v) is 12.0. The Balaban J connectivity index is 4.42. The topological polar surface area (TPSA) is 20.2 Å². The molecule has 0 bridgehead atoms. The number of rotatable bonds is 0. The van der Waals surface area contributed by atoms with E-state index >= 15 is 0 Å². The van der Waals surface area contributed by atoms with Gasteiger partial charge in [-0.3, -0.25) is 0 Å². The molecule has 0 atom stereocenters. The summed E-state index contributed by atoms with van der Waals surface area (Å²) in [4.78, 5) is 0. The summed E-state index contributed by atoms with van der Waals surface area (Å²) in [6.45, 7) is 12.9. The van der Waals surface area contributed by atoms with Crippen molar-refractivity contribution in [3.63, 3.8) is 0 Å². The van der Waals surface area contributed by atoms with Crippen molar-refractivity contribution in [1.29, 1.82) is 0 Å². The molecule has 0 saturated heterocycles. The van der Waals surface area contributed by atoms with Crippen molar-refractivity contribution in [2.45, 2.75) is 45.4 Å². The molecular weight excluding hydrogens is 204 g/mol. The van der Waals surface area contributed by atoms with E-state index in [1.807, 2.05) is 0 Å². The van der Waals surface area contributed by atoms with E-state index in [1.54, 1.807) is 0 Å². The normalized spacial score (nSPS) is 11.4. The Labute approximate surface area is 89.9 Å². The van der Waals surface area contributed by atoms with E-state index in [4.69, 9.17) is 0 Å². The highest BCUT2D eigenvalue weighted by Crippen LogP contribution is 1.98. The maximum atomic E-state index is 9.47. The van der Waals surface area contributed by atoms with Crippen molar-refractivity contribution in [3.8, 4) is 22.9 Å². The molecule has 0 heterocycles. The lowest BCUT2D eigenvalue weighted by atomic mass is 10.4. The second kappa shape index (κ2) is 4.84. The van der Waals surface area contributed by atoms with Crippen LogP contribution in [0.4, 0.5) is 0 Å². The molecule has 0 spiro atoms. The van der Waals surface area contributed by atoms with Gasteiger partial charge in [-0.15, -0.1) is 11.1 Å². The molecule has 0 aromatic rings. The molecule has 0 rings (SSSR count). The number of aliphatic hydroxyl groups excluding tert-OH is 1. The lowest BCUT2D eigenvalue weighted by Crippen LogP contribution is -2.19. The summed E-state index contributed by atoms with van der Waals surface area (Å²) in [6.07, 6.45) is -0.756. The lowest BCUT2D eigenvalue weighted by Gasteiger charge is -2.05. The minimum absolute atomic E-state index is 0.756. The number of hydrogen-bond acceptors (Lipinski definition) is 1. The maximum absolute atomic E-state index is 9.47. The Hall–Kier alpha value is -0.486. The van der Waals surface area contributed by atoms with Crippen LogP contribution in [0.5, 0.6) is 0 Å². The second-order valence-corrected chi connectivity index (χ2v) is 14.9. The van der Waals surface area contributed by atoms with Crippen LogP contribution in [0.25, 0.3) is 0 Å². The third-order valence-corrected chi connectivity index (χ3v) is 2.96. The van der Waals surface area contributed by atoms with Gasteiger partial charge in [0.2, 0.25) is 0 Å². The predicted molar refractivity (Wildman–Crippen MR) is 68.3 cm³/mol. The van der Waals surface area contributed by atoms with Crippen LogP contribution in [0.2, 0.25) is 39.3 Å². The van der Waals surface area contributed by atoms with E-state index in [0.717, 1.165) is 0 Å². The molecule has 78 valence electrons. The fraction of sp³-hybridized carbons (Fsp3) is 0.636. The molecule has 0 radical (unpaired) electrons. The fourth-order valence-electron chi connectivity index (χ4n) is 0.606. The van der Waals surface area contributed by atoms with Crippen molar-refractivity contribution in [2.75, 3.05) is 0 Å². The van der Waals surface area contributed by atoms with Gasteiger partial charge in [-0.2, -0.15) is 0 Å². The minimum Gasteiger partial charge on any atom is -0.369 e. The van der Waals surface area contributed by atoms with Gasteiger partial charge in [-0.1, -0.05) is 51.1 Å². The molecule has 1 nitrogen and oxygen atoms in total. The first kappa shape index (κ1) is 13.5. The molecule has 0 aromatic heterocycles. The van der Waals surface area contributed by atoms with Crippen LogP contribution in [0, 0.1) is 22.9 Å². The van der Waals surface area contributed by atoms with Gasteiger partial charge in [0.15, 0.2) is 6.10 Å². The molecule has 3 heteroatoms. The highest BCUT2D eigenvalue weighted by Gasteiger charge is 2.09. The fourth-order valence-corrected chi connectivity index (χ4v) is 1.75. The summed E-state index contributed by atoms with van der Waals surface area (Å²) in [5.41, 5.74) is 6.22. The Morgan fingerprint density at radius 2 is 1.07 bits per heavy atom. The molecule has 0 amide bonds. The summed E-state index contributed by atoms with van der Waals surface area (Å²) < 4.78 is 0. The summed E-state index contributed by atoms with van der Waals surface area (Å²) in [5, 5.41) is 9.47. The van der Waals surface area contributed by atoms with Gasteiger partial charge in [-0.25, -0.2) is 0 Å². The minimum atomic E-state index is -1.37. The van der Waals surface area contributed by atoms with Crippen molar-refractivity contribution < 1.29 is 5.11 Å². The first-order valence-corrected chi connectivity index (χ1v) is 11.8. The maximum Gasteiger partial charge on any atom is 0.175 e. The van der Waals surface area contributed by atoms with Gasteiger partial charge in [0.05, 0.1) is 0 Å². The average molecular weight is 224 g/mol. The number of hydrogen-bond donors (Lipinski definition) is 1. The van der Waals surface area contributed by atoms with Crippen LogP contribution in [0.1, 0.15) is 0 Å². The lowest BCUT2D eigenvalue weighted by molar-refractivity contribution is 0.290. The third kappa shape index (κ3) is 9.60. The molecule has 0 fully saturated rings. The smallest absolute Gasteiger partial charge is 0.175 e. The molecule has 0 aromatic carbocycles. The average Bonchev–Trinajstić information content (AvgIpc) is 1.94. The molecule has 0 aliphatic rings. The first-order chi connectivity index (χ1) is 6.10. The van der Waals surface area contributed by atoms with Crippen molar-refractivity contribution in [2.24, 2.45) is 0 Å². The zero-order chi connectivity index (χ0) is 11.4. The van der Waals surface area contributed by atoms with Gasteiger partial charge in [0.25, 0.3) is 0 Å². The van der Waals surface area contributed by atoms with Crippen LogP contribution in [-0.4, -0.2) is 27.4 Å². The Morgan fingerprint density at radius 3 is 1.29 bits per heavy atom. The molecule has 0 saturated carbocycles. The molecule has 0 aliphatic heterocycles. The van der Waals surface area contributed by atoms with E-state index in [0.29, 0.717) is 0 Å². The predicted octanol–water partition coefficient (Wildman–Crippen LogP) is 2.11. The van der Waals surface area contributed by atoms with Gasteiger partial charge in [0.1, 0.15) is 16.1 Å². The standard InChI is InChI=1S/C11H20OSi2/c1-13(2,3)9-7-11(12)8-10-14(4,5)6/h11-12H,1-6H3. The van der Waals surface area contributed by atoms with Crippen molar-refractivity contribution >= 4 is 16.1 Å². The summed E-state index contributed by atoms with van der Waals surface area (Å²) >= 11 is 0. The van der Waals surface area contributed by atoms with Crippen molar-refractivity contribution in [1.82, 2.24) is 0 Å². The Bertz CT molecular complexity index is 267. The first-order valence-electron chi connectivity index (χ1n) is 4.84. The summed E-state index contributed by atoms with van der Waals surface area (Å²) in [7, 11) is -2.74. The second-order valence-electron chi connectivity index (χ2n) is 5.44. The highest BCUT2D eigenvalue weighted by atomic mass is 28.3. The quantitative estimate of drug-likeness (QED) is 0.493. The van der Waals surface area contributed by atoms with E-state index < -0.39 is 22.3 Å². The van der Waals surface area contributed by atoms with Crippen LogP contribution < -0.4 is 0 Å². The van der Waals surface area contributed by atoms with Crippen LogP contribution >= 0.6 is 0 Å². The largest absolute Gasteiger partial charge is 0.369 e. The van der Waals surface area contributed by atoms with Crippen LogP contribution in [0.15, 0.2) is 0 Å². The SMILES string of the molecule is C[Si](C)(C)C#CC(O)C#C[Si](C)(C)C. The van der Waals surface area contributed by atoms with E-state index in [1.165, 1.54) is 0 Å². The number of aliphatic hydroxyl groups is 1. The molecular formula is C11H20OSi2. The van der Waals surface area contributed by atoms with E-state index in [-0.39, 0.29) is 0 Å². The summed E-state index contributed by atoms with van der Waals surface area (Å²) in [6, 6.07) is 0. The van der Waals surface area contributed by atoms with Crippen LogP contribution in [-0.2, 0) is 0 Å².